The summed E-state index contributed by atoms with van der Waals surface area (Å²) in [7, 11) is -1.74. The van der Waals surface area contributed by atoms with Crippen molar-refractivity contribution in [2.24, 2.45) is 5.92 Å². The maximum Gasteiger partial charge on any atom is 0.266 e. The number of amides is 2. The number of para-hydroxylation sites is 3. The first-order valence-electron chi connectivity index (χ1n) is 15.9. The largest absolute Gasteiger partial charge is 0.497 e. The van der Waals surface area contributed by atoms with Crippen LogP contribution in [0.15, 0.2) is 91.0 Å². The minimum Gasteiger partial charge on any atom is -0.497 e. The second-order valence-electron chi connectivity index (χ2n) is 12.9. The molecule has 4 aromatic rings. The third-order valence-electron chi connectivity index (χ3n) is 9.76. The lowest BCUT2D eigenvalue weighted by molar-refractivity contribution is -0.146. The second kappa shape index (κ2) is 11.6. The number of fused-ring (bicyclic) bond motifs is 4. The van der Waals surface area contributed by atoms with E-state index in [1.54, 1.807) is 48.2 Å². The number of benzene rings is 4. The Balaban J connectivity index is 1.24. The van der Waals surface area contributed by atoms with Crippen molar-refractivity contribution in [3.8, 4) is 17.2 Å². The average molecular weight is 653 g/mol. The number of ether oxygens (including phenoxy) is 3. The van der Waals surface area contributed by atoms with Crippen molar-refractivity contribution in [1.82, 2.24) is 0 Å². The normalized spacial score (nSPS) is 23.3. The van der Waals surface area contributed by atoms with Crippen molar-refractivity contribution in [1.29, 1.82) is 0 Å². The Labute approximate surface area is 274 Å². The monoisotopic (exact) mass is 652 g/mol. The highest BCUT2D eigenvalue weighted by atomic mass is 28.4. The van der Waals surface area contributed by atoms with Crippen LogP contribution in [0.5, 0.6) is 17.2 Å². The van der Waals surface area contributed by atoms with Gasteiger partial charge < -0.3 is 28.3 Å². The smallest absolute Gasteiger partial charge is 0.266 e. The number of methoxy groups -OCH3 is 1. The molecule has 0 radical (unpaired) electrons. The van der Waals surface area contributed by atoms with Gasteiger partial charge in [0, 0.05) is 29.3 Å². The van der Waals surface area contributed by atoms with Gasteiger partial charge in [-0.2, -0.15) is 0 Å². The van der Waals surface area contributed by atoms with Crippen molar-refractivity contribution < 1.29 is 33.0 Å². The van der Waals surface area contributed by atoms with Gasteiger partial charge in [0.1, 0.15) is 11.5 Å². The van der Waals surface area contributed by atoms with Crippen LogP contribution in [0, 0.1) is 5.92 Å². The summed E-state index contributed by atoms with van der Waals surface area (Å²) in [5.74, 6) is 0.702. The molecule has 8 nitrogen and oxygen atoms in total. The second-order valence-corrected chi connectivity index (χ2v) is 16.7. The quantitative estimate of drug-likeness (QED) is 0.165. The topological polar surface area (TPSA) is 88.5 Å². The summed E-state index contributed by atoms with van der Waals surface area (Å²) in [6.07, 6.45) is -0.342. The number of rotatable bonds is 7. The first-order valence-corrected chi connectivity index (χ1v) is 18.8. The van der Waals surface area contributed by atoms with Crippen molar-refractivity contribution in [3.05, 3.63) is 108 Å². The average Bonchev–Trinajstić information content (AvgIpc) is 3.43. The lowest BCUT2D eigenvalue weighted by atomic mass is 9.82. The van der Waals surface area contributed by atoms with Gasteiger partial charge in [0.25, 0.3) is 11.8 Å². The fourth-order valence-corrected chi connectivity index (χ4v) is 10.2. The highest BCUT2D eigenvalue weighted by Gasteiger charge is 2.66. The summed E-state index contributed by atoms with van der Waals surface area (Å²) >= 11 is 0. The molecule has 4 atom stereocenters. The van der Waals surface area contributed by atoms with E-state index < -0.39 is 31.6 Å². The van der Waals surface area contributed by atoms with Crippen molar-refractivity contribution in [2.75, 3.05) is 23.5 Å². The van der Waals surface area contributed by atoms with E-state index in [1.165, 1.54) is 0 Å². The van der Waals surface area contributed by atoms with Crippen LogP contribution in [0.1, 0.15) is 34.8 Å². The van der Waals surface area contributed by atoms with Crippen LogP contribution < -0.4 is 19.3 Å². The maximum atomic E-state index is 15.9. The van der Waals surface area contributed by atoms with Gasteiger partial charge in [-0.25, -0.2) is 0 Å². The van der Waals surface area contributed by atoms with Gasteiger partial charge in [-0.1, -0.05) is 43.3 Å². The third kappa shape index (κ3) is 4.94. The van der Waals surface area contributed by atoms with Gasteiger partial charge in [0.2, 0.25) is 8.41 Å². The van der Waals surface area contributed by atoms with Gasteiger partial charge in [-0.3, -0.25) is 14.5 Å². The van der Waals surface area contributed by atoms with Crippen molar-refractivity contribution in [3.63, 3.8) is 0 Å². The van der Waals surface area contributed by atoms with E-state index in [2.05, 4.69) is 0 Å². The fraction of sp³-hybridized carbons (Fsp3) is 0.297. The minimum atomic E-state index is -3.31. The molecule has 4 aromatic carbocycles. The van der Waals surface area contributed by atoms with Gasteiger partial charge >= 0.3 is 0 Å². The molecule has 0 unspecified atom stereocenters. The summed E-state index contributed by atoms with van der Waals surface area (Å²) in [4.78, 5) is 31.8. The maximum absolute atomic E-state index is 15.9. The van der Waals surface area contributed by atoms with Crippen LogP contribution >= 0.6 is 0 Å². The number of carbonyl (C=O) groups is 2. The van der Waals surface area contributed by atoms with E-state index in [4.69, 9.17) is 14.2 Å². The lowest BCUT2D eigenvalue weighted by Gasteiger charge is -2.31. The predicted octanol–water partition coefficient (Wildman–Crippen LogP) is 7.48. The molecule has 1 saturated heterocycles. The van der Waals surface area contributed by atoms with Crippen LogP contribution in [0.25, 0.3) is 0 Å². The van der Waals surface area contributed by atoms with Crippen molar-refractivity contribution >= 4 is 37.3 Å². The molecule has 0 saturated carbocycles. The zero-order valence-electron chi connectivity index (χ0n) is 26.8. The molecular weight excluding hydrogens is 615 g/mol. The van der Waals surface area contributed by atoms with E-state index in [-0.39, 0.29) is 31.4 Å². The van der Waals surface area contributed by atoms with E-state index >= 15 is 4.11 Å². The standard InChI is InChI=1S/C37H37FN2O6Si/c1-23-34(47(3,4)38)33(19-20-41)46-37(23)28-21-26(44-2)17-18-29(28)39(36(37)43)22-24-13-15-25(16-14-24)40-30-10-6-8-12-32(30)45-31-11-7-5-9-27(31)35(40)42/h5-18,21,23,33-34,41H,19-20,22H2,1-4H3/t23-,33+,34-,37+/m1/s1. The number of hydrogen-bond donors (Lipinski definition) is 1. The summed E-state index contributed by atoms with van der Waals surface area (Å²) < 4.78 is 34.2. The SMILES string of the molecule is COc1ccc2c(c1)[C@]1(O[C@@H](CCO)[C@H]([Si](C)(C)F)[C@H]1C)C(=O)N2Cc1ccc(N2C(=O)c3ccccc3Oc3ccccc32)cc1. The number of aliphatic hydroxyl groups is 1. The Morgan fingerprint density at radius 3 is 2.34 bits per heavy atom. The first-order chi connectivity index (χ1) is 22.6. The van der Waals surface area contributed by atoms with Crippen LogP contribution in [-0.4, -0.2) is 45.1 Å². The first kappa shape index (κ1) is 31.1. The molecule has 1 fully saturated rings. The van der Waals surface area contributed by atoms with Gasteiger partial charge in [0.05, 0.1) is 36.7 Å². The number of hydrogen-bond acceptors (Lipinski definition) is 6. The van der Waals surface area contributed by atoms with Crippen LogP contribution in [0.4, 0.5) is 21.2 Å². The Morgan fingerprint density at radius 1 is 0.936 bits per heavy atom. The van der Waals surface area contributed by atoms with Crippen LogP contribution in [0.3, 0.4) is 0 Å². The zero-order chi connectivity index (χ0) is 33.1. The summed E-state index contributed by atoms with van der Waals surface area (Å²) in [6, 6.07) is 27.6. The van der Waals surface area contributed by atoms with E-state index in [0.29, 0.717) is 45.4 Å². The minimum absolute atomic E-state index is 0.161. The number of anilines is 3. The molecule has 10 heteroatoms. The summed E-state index contributed by atoms with van der Waals surface area (Å²) in [5, 5.41) is 9.84. The molecule has 0 aliphatic carbocycles. The molecule has 47 heavy (non-hydrogen) atoms. The molecule has 1 spiro atoms. The van der Waals surface area contributed by atoms with Crippen LogP contribution in [0.2, 0.25) is 18.6 Å². The Morgan fingerprint density at radius 2 is 1.64 bits per heavy atom. The lowest BCUT2D eigenvalue weighted by Crippen LogP contribution is -2.45. The molecule has 2 amide bonds. The number of nitrogens with zero attached hydrogens (tertiary/aromatic N) is 2. The summed E-state index contributed by atoms with van der Waals surface area (Å²) in [6.45, 7) is 5.26. The molecule has 3 heterocycles. The molecule has 3 aliphatic rings. The Bertz CT molecular complexity index is 1860. The highest BCUT2D eigenvalue weighted by Crippen LogP contribution is 2.60. The molecule has 0 bridgehead atoms. The van der Waals surface area contributed by atoms with Gasteiger partial charge in [-0.15, -0.1) is 0 Å². The molecule has 0 aromatic heterocycles. The molecule has 1 N–H and O–H groups in total. The van der Waals surface area contributed by atoms with E-state index in [9.17, 15) is 14.7 Å². The Kier molecular flexibility index (Phi) is 7.69. The predicted molar refractivity (Wildman–Crippen MR) is 180 cm³/mol. The fourth-order valence-electron chi connectivity index (χ4n) is 7.71. The Hall–Kier alpha value is -4.51. The highest BCUT2D eigenvalue weighted by molar-refractivity contribution is 6.72. The zero-order valence-corrected chi connectivity index (χ0v) is 27.8. The van der Waals surface area contributed by atoms with Gasteiger partial charge in [0.15, 0.2) is 11.4 Å². The molecular formula is C37H37FN2O6Si. The molecule has 7 rings (SSSR count). The number of halogens is 1. The van der Waals surface area contributed by atoms with E-state index in [0.717, 1.165) is 5.56 Å². The summed E-state index contributed by atoms with van der Waals surface area (Å²) in [5.41, 5.74) is 2.01. The molecule has 242 valence electrons. The van der Waals surface area contributed by atoms with Gasteiger partial charge in [-0.05, 0) is 79.7 Å². The van der Waals surface area contributed by atoms with E-state index in [1.807, 2.05) is 79.7 Å². The molecule has 3 aliphatic heterocycles. The number of carbonyl (C=O) groups excluding carboxylic acids is 2. The van der Waals surface area contributed by atoms with Crippen molar-refractivity contribution in [2.45, 2.75) is 50.2 Å². The third-order valence-corrected chi connectivity index (χ3v) is 12.2. The van der Waals surface area contributed by atoms with Crippen LogP contribution in [-0.2, 0) is 21.7 Å². The number of aliphatic hydroxyl groups excluding tert-OH is 1.